The molecule has 10 nitrogen and oxygen atoms in total. The van der Waals surface area contributed by atoms with E-state index in [2.05, 4.69) is 16.0 Å². The van der Waals surface area contributed by atoms with Crippen LogP contribution in [0.25, 0.3) is 0 Å². The molecular weight excluding hydrogens is 416 g/mol. The molecule has 3 rings (SSSR count). The Balaban J connectivity index is 1.55. The Morgan fingerprint density at radius 1 is 1.22 bits per heavy atom. The van der Waals surface area contributed by atoms with E-state index in [1.54, 1.807) is 39.0 Å². The molecule has 0 radical (unpaired) electrons. The molecule has 0 saturated carbocycles. The fourth-order valence-electron chi connectivity index (χ4n) is 3.67. The Labute approximate surface area is 186 Å². The highest BCUT2D eigenvalue weighted by atomic mass is 16.6. The molecule has 5 amide bonds. The molecular formula is C22H28N4O6. The van der Waals surface area contributed by atoms with E-state index in [0.29, 0.717) is 23.2 Å². The normalized spacial score (nSPS) is 18.2. The van der Waals surface area contributed by atoms with Crippen LogP contribution in [-0.2, 0) is 25.7 Å². The van der Waals surface area contributed by atoms with Crippen molar-refractivity contribution in [1.82, 2.24) is 15.5 Å². The first-order valence-corrected chi connectivity index (χ1v) is 10.6. The molecule has 32 heavy (non-hydrogen) atoms. The third kappa shape index (κ3) is 5.63. The number of nitrogens with zero attached hydrogens (tertiary/aromatic N) is 1. The van der Waals surface area contributed by atoms with Gasteiger partial charge in [-0.3, -0.25) is 24.5 Å². The highest BCUT2D eigenvalue weighted by Crippen LogP contribution is 2.32. The van der Waals surface area contributed by atoms with Gasteiger partial charge in [0, 0.05) is 42.7 Å². The van der Waals surface area contributed by atoms with E-state index in [4.69, 9.17) is 4.74 Å². The van der Waals surface area contributed by atoms with Crippen LogP contribution in [0, 0.1) is 0 Å². The quantitative estimate of drug-likeness (QED) is 0.452. The lowest BCUT2D eigenvalue weighted by Crippen LogP contribution is -2.52. The molecule has 1 saturated heterocycles. The summed E-state index contributed by atoms with van der Waals surface area (Å²) in [5, 5.41) is 7.68. The zero-order chi connectivity index (χ0) is 23.5. The van der Waals surface area contributed by atoms with Crippen molar-refractivity contribution in [3.05, 3.63) is 29.3 Å². The summed E-state index contributed by atoms with van der Waals surface area (Å²) in [5.41, 5.74) is 0.992. The summed E-state index contributed by atoms with van der Waals surface area (Å²) in [6.07, 6.45) is 0.505. The van der Waals surface area contributed by atoms with Gasteiger partial charge in [-0.25, -0.2) is 4.79 Å². The molecule has 2 aliphatic heterocycles. The zero-order valence-corrected chi connectivity index (χ0v) is 18.4. The summed E-state index contributed by atoms with van der Waals surface area (Å²) < 4.78 is 5.14. The predicted molar refractivity (Wildman–Crippen MR) is 115 cm³/mol. The molecule has 0 spiro atoms. The van der Waals surface area contributed by atoms with Crippen molar-refractivity contribution in [3.63, 3.8) is 0 Å². The van der Waals surface area contributed by atoms with Gasteiger partial charge in [-0.1, -0.05) is 6.07 Å². The number of nitrogens with one attached hydrogen (secondary N) is 3. The molecule has 1 aromatic carbocycles. The molecule has 2 heterocycles. The minimum Gasteiger partial charge on any atom is -0.444 e. The third-order valence-electron chi connectivity index (χ3n) is 5.11. The fourth-order valence-corrected chi connectivity index (χ4v) is 3.67. The van der Waals surface area contributed by atoms with Gasteiger partial charge in [0.25, 0.3) is 5.91 Å². The molecule has 0 aromatic heterocycles. The Kier molecular flexibility index (Phi) is 6.81. The monoisotopic (exact) mass is 444 g/mol. The number of rotatable bonds is 6. The number of carbonyl (C=O) groups is 5. The van der Waals surface area contributed by atoms with E-state index < -0.39 is 23.6 Å². The van der Waals surface area contributed by atoms with E-state index in [1.165, 1.54) is 4.90 Å². The van der Waals surface area contributed by atoms with Gasteiger partial charge < -0.3 is 20.3 Å². The third-order valence-corrected chi connectivity index (χ3v) is 5.11. The zero-order valence-electron chi connectivity index (χ0n) is 18.4. The van der Waals surface area contributed by atoms with Crippen LogP contribution in [0.2, 0.25) is 0 Å². The number of hydrogen-bond donors (Lipinski definition) is 3. The maximum Gasteiger partial charge on any atom is 0.407 e. The molecule has 2 aliphatic rings. The first-order chi connectivity index (χ1) is 15.0. The van der Waals surface area contributed by atoms with Gasteiger partial charge in [-0.15, -0.1) is 0 Å². The van der Waals surface area contributed by atoms with Gasteiger partial charge in [0.1, 0.15) is 11.6 Å². The van der Waals surface area contributed by atoms with Crippen molar-refractivity contribution >= 4 is 35.4 Å². The smallest absolute Gasteiger partial charge is 0.407 e. The van der Waals surface area contributed by atoms with Crippen molar-refractivity contribution in [2.45, 2.75) is 64.6 Å². The number of alkyl carbamates (subject to hydrolysis) is 1. The highest BCUT2D eigenvalue weighted by Gasteiger charge is 2.39. The minimum absolute atomic E-state index is 0.171. The number of ether oxygens (including phenoxy) is 1. The van der Waals surface area contributed by atoms with E-state index in [1.807, 2.05) is 0 Å². The van der Waals surface area contributed by atoms with Gasteiger partial charge in [0.15, 0.2) is 0 Å². The van der Waals surface area contributed by atoms with Crippen molar-refractivity contribution in [1.29, 1.82) is 0 Å². The molecule has 1 atom stereocenters. The standard InChI is InChI=1S/C22H28N4O6/c1-22(2,3)32-21(31)23-11-5-8-17(27)24-15-7-4-6-13-14(15)12-26(20(13)30)16-9-10-18(28)25-19(16)29/h4,6-7,16H,5,8-12H2,1-3H3,(H,23,31)(H,24,27)(H,25,28,29). The van der Waals surface area contributed by atoms with E-state index in [0.717, 1.165) is 0 Å². The van der Waals surface area contributed by atoms with Crippen LogP contribution >= 0.6 is 0 Å². The molecule has 3 N–H and O–H groups in total. The van der Waals surface area contributed by atoms with Gasteiger partial charge in [-0.2, -0.15) is 0 Å². The van der Waals surface area contributed by atoms with Crippen LogP contribution in [0.15, 0.2) is 18.2 Å². The van der Waals surface area contributed by atoms with Crippen molar-refractivity contribution in [2.75, 3.05) is 11.9 Å². The number of anilines is 1. The summed E-state index contributed by atoms with van der Waals surface area (Å²) in [6.45, 7) is 5.77. The fraction of sp³-hybridized carbons (Fsp3) is 0.500. The lowest BCUT2D eigenvalue weighted by atomic mass is 10.0. The van der Waals surface area contributed by atoms with Gasteiger partial charge >= 0.3 is 6.09 Å². The van der Waals surface area contributed by atoms with Crippen LogP contribution in [0.1, 0.15) is 62.4 Å². The first-order valence-electron chi connectivity index (χ1n) is 10.6. The van der Waals surface area contributed by atoms with E-state index in [9.17, 15) is 24.0 Å². The minimum atomic E-state index is -0.713. The van der Waals surface area contributed by atoms with Crippen molar-refractivity contribution in [2.24, 2.45) is 0 Å². The summed E-state index contributed by atoms with van der Waals surface area (Å²) >= 11 is 0. The first kappa shape index (κ1) is 23.2. The number of piperidine rings is 1. The second-order valence-corrected chi connectivity index (χ2v) is 8.81. The van der Waals surface area contributed by atoms with E-state index >= 15 is 0 Å². The van der Waals surface area contributed by atoms with Gasteiger partial charge in [0.2, 0.25) is 17.7 Å². The van der Waals surface area contributed by atoms with Crippen LogP contribution < -0.4 is 16.0 Å². The molecule has 10 heteroatoms. The Bertz CT molecular complexity index is 952. The average Bonchev–Trinajstić information content (AvgIpc) is 3.02. The van der Waals surface area contributed by atoms with Gasteiger partial charge in [-0.05, 0) is 45.7 Å². The van der Waals surface area contributed by atoms with Crippen LogP contribution in [0.5, 0.6) is 0 Å². The largest absolute Gasteiger partial charge is 0.444 e. The van der Waals surface area contributed by atoms with Crippen molar-refractivity contribution in [3.8, 4) is 0 Å². The second kappa shape index (κ2) is 9.37. The maximum atomic E-state index is 12.8. The Morgan fingerprint density at radius 3 is 2.66 bits per heavy atom. The SMILES string of the molecule is CC(C)(C)OC(=O)NCCCC(=O)Nc1cccc2c1CN(C1CCC(=O)NC1=O)C2=O. The molecule has 1 fully saturated rings. The second-order valence-electron chi connectivity index (χ2n) is 8.81. The lowest BCUT2D eigenvalue weighted by Gasteiger charge is -2.29. The van der Waals surface area contributed by atoms with E-state index in [-0.39, 0.29) is 50.1 Å². The van der Waals surface area contributed by atoms with Crippen molar-refractivity contribution < 1.29 is 28.7 Å². The molecule has 0 bridgehead atoms. The summed E-state index contributed by atoms with van der Waals surface area (Å²) in [5.74, 6) is -1.38. The average molecular weight is 444 g/mol. The number of fused-ring (bicyclic) bond motifs is 1. The van der Waals surface area contributed by atoms with Crippen LogP contribution in [0.4, 0.5) is 10.5 Å². The number of amides is 5. The number of carbonyl (C=O) groups excluding carboxylic acids is 5. The molecule has 1 aromatic rings. The predicted octanol–water partition coefficient (Wildman–Crippen LogP) is 1.69. The number of imide groups is 1. The number of benzene rings is 1. The molecule has 0 aliphatic carbocycles. The van der Waals surface area contributed by atoms with Crippen LogP contribution in [0.3, 0.4) is 0 Å². The lowest BCUT2D eigenvalue weighted by molar-refractivity contribution is -0.137. The maximum absolute atomic E-state index is 12.8. The topological polar surface area (TPSA) is 134 Å². The summed E-state index contributed by atoms with van der Waals surface area (Å²) in [7, 11) is 0. The number of hydrogen-bond acceptors (Lipinski definition) is 6. The van der Waals surface area contributed by atoms with Crippen LogP contribution in [-0.4, -0.2) is 52.8 Å². The summed E-state index contributed by atoms with van der Waals surface area (Å²) in [6, 6.07) is 4.32. The highest BCUT2D eigenvalue weighted by molar-refractivity contribution is 6.06. The Hall–Kier alpha value is -3.43. The Morgan fingerprint density at radius 2 is 1.97 bits per heavy atom. The molecule has 1 unspecified atom stereocenters. The molecule has 172 valence electrons. The summed E-state index contributed by atoms with van der Waals surface area (Å²) in [4.78, 5) is 61.9. The van der Waals surface area contributed by atoms with Gasteiger partial charge in [0.05, 0.1) is 0 Å².